The molecule has 120 valence electrons. The Hall–Kier alpha value is -2.08. The fourth-order valence-corrected chi connectivity index (χ4v) is 4.16. The van der Waals surface area contributed by atoms with Crippen LogP contribution in [0, 0.1) is 0 Å². The molecule has 2 aliphatic rings. The van der Waals surface area contributed by atoms with E-state index in [1.54, 1.807) is 11.3 Å². The number of aromatic nitrogens is 1. The van der Waals surface area contributed by atoms with Crippen molar-refractivity contribution in [2.75, 3.05) is 26.3 Å². The molecule has 0 unspecified atom stereocenters. The lowest BCUT2D eigenvalue weighted by Crippen LogP contribution is -2.40. The number of likely N-dealkylation sites (tertiary alicyclic amines) is 1. The summed E-state index contributed by atoms with van der Waals surface area (Å²) < 4.78 is 11.8. The van der Waals surface area contributed by atoms with E-state index in [1.165, 1.54) is 11.0 Å². The maximum absolute atomic E-state index is 12.5. The molecular weight excluding hydrogens is 312 g/mol. The molecule has 1 aromatic carbocycles. The van der Waals surface area contributed by atoms with Gasteiger partial charge in [-0.3, -0.25) is 4.79 Å². The molecule has 1 fully saturated rings. The van der Waals surface area contributed by atoms with Crippen LogP contribution in [0.15, 0.2) is 36.3 Å². The minimum Gasteiger partial charge on any atom is -0.494 e. The molecule has 0 bridgehead atoms. The Kier molecular flexibility index (Phi) is 3.91. The van der Waals surface area contributed by atoms with Crippen LogP contribution in [0.1, 0.15) is 23.8 Å². The Morgan fingerprint density at radius 1 is 1.30 bits per heavy atom. The molecule has 1 amide bonds. The Bertz CT molecular complexity index is 722. The average Bonchev–Trinajstić information content (AvgIpc) is 3.06. The van der Waals surface area contributed by atoms with Crippen LogP contribution in [0.4, 0.5) is 0 Å². The highest BCUT2D eigenvalue weighted by atomic mass is 32.1. The van der Waals surface area contributed by atoms with Gasteiger partial charge in [0.1, 0.15) is 19.5 Å². The van der Waals surface area contributed by atoms with E-state index in [0.29, 0.717) is 31.4 Å². The lowest BCUT2D eigenvalue weighted by Gasteiger charge is -2.32. The number of carbonyl (C=O) groups excluding carboxylic acids is 1. The van der Waals surface area contributed by atoms with E-state index in [1.807, 2.05) is 23.1 Å². The smallest absolute Gasteiger partial charge is 0.292 e. The zero-order valence-electron chi connectivity index (χ0n) is 12.7. The molecule has 0 aliphatic carbocycles. The van der Waals surface area contributed by atoms with Crippen LogP contribution in [0.3, 0.4) is 0 Å². The van der Waals surface area contributed by atoms with E-state index in [0.717, 1.165) is 29.9 Å². The van der Waals surface area contributed by atoms with E-state index in [2.05, 4.69) is 6.07 Å². The van der Waals surface area contributed by atoms with Gasteiger partial charge in [-0.2, -0.15) is 0 Å². The van der Waals surface area contributed by atoms with Crippen LogP contribution in [-0.4, -0.2) is 42.1 Å². The van der Waals surface area contributed by atoms with Crippen molar-refractivity contribution in [3.8, 4) is 0 Å². The molecule has 0 spiro atoms. The number of hydrogen-bond acceptors (Lipinski definition) is 5. The third kappa shape index (κ3) is 2.91. The Morgan fingerprint density at radius 3 is 3.04 bits per heavy atom. The highest BCUT2D eigenvalue weighted by Gasteiger charge is 2.29. The van der Waals surface area contributed by atoms with Crippen molar-refractivity contribution in [1.82, 2.24) is 9.88 Å². The summed E-state index contributed by atoms with van der Waals surface area (Å²) in [5, 5.41) is 1.12. The SMILES string of the molecule is O=C(C1=COCCO1)N1CCC[C@@H](c2nc3ccccc3s2)C1. The number of ether oxygens (including phenoxy) is 2. The first-order chi connectivity index (χ1) is 11.3. The monoisotopic (exact) mass is 330 g/mol. The number of rotatable bonds is 2. The summed E-state index contributed by atoms with van der Waals surface area (Å²) in [4.78, 5) is 19.2. The summed E-state index contributed by atoms with van der Waals surface area (Å²) >= 11 is 1.73. The third-order valence-electron chi connectivity index (χ3n) is 4.23. The normalized spacial score (nSPS) is 21.5. The minimum absolute atomic E-state index is 0.0736. The number of fused-ring (bicyclic) bond motifs is 1. The van der Waals surface area contributed by atoms with E-state index in [-0.39, 0.29) is 5.91 Å². The van der Waals surface area contributed by atoms with Crippen LogP contribution in [0.5, 0.6) is 0 Å². The first kappa shape index (κ1) is 14.5. The molecule has 0 N–H and O–H groups in total. The zero-order valence-corrected chi connectivity index (χ0v) is 13.6. The lowest BCUT2D eigenvalue weighted by atomic mass is 9.98. The highest BCUT2D eigenvalue weighted by Crippen LogP contribution is 2.33. The minimum atomic E-state index is -0.0736. The van der Waals surface area contributed by atoms with Crippen molar-refractivity contribution in [3.05, 3.63) is 41.3 Å². The van der Waals surface area contributed by atoms with Gasteiger partial charge in [-0.25, -0.2) is 4.98 Å². The second kappa shape index (κ2) is 6.20. The van der Waals surface area contributed by atoms with Crippen molar-refractivity contribution in [3.63, 3.8) is 0 Å². The van der Waals surface area contributed by atoms with Crippen LogP contribution >= 0.6 is 11.3 Å². The summed E-state index contributed by atoms with van der Waals surface area (Å²) in [6.07, 6.45) is 3.49. The maximum atomic E-state index is 12.5. The molecule has 0 radical (unpaired) electrons. The van der Waals surface area contributed by atoms with Crippen LogP contribution in [0.25, 0.3) is 10.2 Å². The van der Waals surface area contributed by atoms with Gasteiger partial charge in [-0.1, -0.05) is 12.1 Å². The Labute approximate surface area is 138 Å². The number of amides is 1. The van der Waals surface area contributed by atoms with E-state index >= 15 is 0 Å². The summed E-state index contributed by atoms with van der Waals surface area (Å²) in [6, 6.07) is 8.18. The van der Waals surface area contributed by atoms with Gasteiger partial charge in [0.05, 0.1) is 15.2 Å². The van der Waals surface area contributed by atoms with Crippen molar-refractivity contribution >= 4 is 27.5 Å². The molecule has 23 heavy (non-hydrogen) atoms. The van der Waals surface area contributed by atoms with Gasteiger partial charge in [-0.05, 0) is 25.0 Å². The van der Waals surface area contributed by atoms with Gasteiger partial charge in [-0.15, -0.1) is 11.3 Å². The highest BCUT2D eigenvalue weighted by molar-refractivity contribution is 7.18. The Balaban J connectivity index is 1.52. The molecule has 3 heterocycles. The predicted octanol–water partition coefficient (Wildman–Crippen LogP) is 2.89. The molecule has 2 aliphatic heterocycles. The predicted molar refractivity (Wildman–Crippen MR) is 88.2 cm³/mol. The van der Waals surface area contributed by atoms with E-state index in [9.17, 15) is 4.79 Å². The lowest BCUT2D eigenvalue weighted by molar-refractivity contribution is -0.133. The second-order valence-corrected chi connectivity index (χ2v) is 6.87. The van der Waals surface area contributed by atoms with Gasteiger partial charge in [0, 0.05) is 19.0 Å². The first-order valence-corrected chi connectivity index (χ1v) is 8.72. The van der Waals surface area contributed by atoms with E-state index < -0.39 is 0 Å². The third-order valence-corrected chi connectivity index (χ3v) is 5.43. The van der Waals surface area contributed by atoms with Gasteiger partial charge in [0.15, 0.2) is 0 Å². The van der Waals surface area contributed by atoms with Crippen LogP contribution in [-0.2, 0) is 14.3 Å². The summed E-state index contributed by atoms with van der Waals surface area (Å²) in [5.74, 6) is 0.548. The van der Waals surface area contributed by atoms with Crippen LogP contribution in [0.2, 0.25) is 0 Å². The zero-order chi connectivity index (χ0) is 15.6. The molecular formula is C17H18N2O3S. The number of hydrogen-bond donors (Lipinski definition) is 0. The van der Waals surface area contributed by atoms with Crippen molar-refractivity contribution < 1.29 is 14.3 Å². The largest absolute Gasteiger partial charge is 0.494 e. The maximum Gasteiger partial charge on any atom is 0.292 e. The van der Waals surface area contributed by atoms with Gasteiger partial charge < -0.3 is 14.4 Å². The van der Waals surface area contributed by atoms with Crippen LogP contribution < -0.4 is 0 Å². The standard InChI is InChI=1S/C17H18N2O3S/c20-17(14-11-21-8-9-22-14)19-7-3-4-12(10-19)16-18-13-5-1-2-6-15(13)23-16/h1-2,5-6,11-12H,3-4,7-10H2/t12-/m1/s1. The quantitative estimate of drug-likeness (QED) is 0.849. The summed E-state index contributed by atoms with van der Waals surface area (Å²) in [5.41, 5.74) is 1.04. The summed E-state index contributed by atoms with van der Waals surface area (Å²) in [6.45, 7) is 2.40. The summed E-state index contributed by atoms with van der Waals surface area (Å²) in [7, 11) is 0. The number of benzene rings is 1. The number of thiazole rings is 1. The van der Waals surface area contributed by atoms with Crippen molar-refractivity contribution in [2.45, 2.75) is 18.8 Å². The second-order valence-electron chi connectivity index (χ2n) is 5.81. The van der Waals surface area contributed by atoms with Gasteiger partial charge in [0.2, 0.25) is 5.76 Å². The molecule has 6 heteroatoms. The number of para-hydroxylation sites is 1. The van der Waals surface area contributed by atoms with Gasteiger partial charge >= 0.3 is 0 Å². The average molecular weight is 330 g/mol. The molecule has 1 atom stereocenters. The molecule has 2 aromatic rings. The molecule has 5 nitrogen and oxygen atoms in total. The first-order valence-electron chi connectivity index (χ1n) is 7.90. The molecule has 0 saturated carbocycles. The van der Waals surface area contributed by atoms with Crippen molar-refractivity contribution in [2.24, 2.45) is 0 Å². The van der Waals surface area contributed by atoms with E-state index in [4.69, 9.17) is 14.5 Å². The van der Waals surface area contributed by atoms with Gasteiger partial charge in [0.25, 0.3) is 5.91 Å². The topological polar surface area (TPSA) is 51.7 Å². The molecule has 4 rings (SSSR count). The fourth-order valence-electron chi connectivity index (χ4n) is 3.06. The molecule has 1 aromatic heterocycles. The number of piperidine rings is 1. The number of nitrogens with zero attached hydrogens (tertiary/aromatic N) is 2. The fraction of sp³-hybridized carbons (Fsp3) is 0.412. The number of carbonyl (C=O) groups is 1. The molecule has 1 saturated heterocycles. The Morgan fingerprint density at radius 2 is 2.22 bits per heavy atom. The van der Waals surface area contributed by atoms with Crippen molar-refractivity contribution in [1.29, 1.82) is 0 Å².